The van der Waals surface area contributed by atoms with E-state index in [2.05, 4.69) is 10.4 Å². The van der Waals surface area contributed by atoms with E-state index < -0.39 is 0 Å². The summed E-state index contributed by atoms with van der Waals surface area (Å²) in [5, 5.41) is 7.51. The first-order chi connectivity index (χ1) is 7.84. The summed E-state index contributed by atoms with van der Waals surface area (Å²) in [6.45, 7) is 3.31. The summed E-state index contributed by atoms with van der Waals surface area (Å²) in [5.74, 6) is 0.830. The maximum absolute atomic E-state index is 5.54. The highest BCUT2D eigenvalue weighted by atomic mass is 16.5. The van der Waals surface area contributed by atoms with Gasteiger partial charge >= 0.3 is 0 Å². The van der Waals surface area contributed by atoms with Crippen molar-refractivity contribution in [2.24, 2.45) is 7.05 Å². The van der Waals surface area contributed by atoms with Crippen molar-refractivity contribution < 1.29 is 9.47 Å². The van der Waals surface area contributed by atoms with Gasteiger partial charge in [0.05, 0.1) is 12.4 Å². The van der Waals surface area contributed by atoms with Crippen molar-refractivity contribution in [3.05, 3.63) is 12.4 Å². The molecular formula is C11H19N3O2. The van der Waals surface area contributed by atoms with Crippen LogP contribution in [0.5, 0.6) is 5.75 Å². The molecule has 16 heavy (non-hydrogen) atoms. The van der Waals surface area contributed by atoms with Crippen molar-refractivity contribution in [2.45, 2.75) is 18.9 Å². The number of nitrogens with zero attached hydrogens (tertiary/aromatic N) is 2. The van der Waals surface area contributed by atoms with Crippen LogP contribution in [0.3, 0.4) is 0 Å². The Morgan fingerprint density at radius 3 is 3.06 bits per heavy atom. The van der Waals surface area contributed by atoms with Crippen molar-refractivity contribution in [2.75, 3.05) is 26.4 Å². The minimum Gasteiger partial charge on any atom is -0.489 e. The van der Waals surface area contributed by atoms with E-state index in [1.54, 1.807) is 10.9 Å². The average Bonchev–Trinajstić information content (AvgIpc) is 2.72. The van der Waals surface area contributed by atoms with Crippen LogP contribution in [-0.4, -0.2) is 42.2 Å². The number of aryl methyl sites for hydroxylation is 1. The van der Waals surface area contributed by atoms with Gasteiger partial charge < -0.3 is 14.8 Å². The normalized spacial score (nSPS) is 17.6. The first-order valence-electron chi connectivity index (χ1n) is 5.77. The van der Waals surface area contributed by atoms with Crippen molar-refractivity contribution >= 4 is 0 Å². The van der Waals surface area contributed by atoms with Crippen LogP contribution in [0.15, 0.2) is 12.4 Å². The zero-order valence-corrected chi connectivity index (χ0v) is 9.69. The van der Waals surface area contributed by atoms with Crippen molar-refractivity contribution in [3.63, 3.8) is 0 Å². The highest BCUT2D eigenvalue weighted by Crippen LogP contribution is 2.07. The van der Waals surface area contributed by atoms with Crippen LogP contribution in [0.25, 0.3) is 0 Å². The zero-order chi connectivity index (χ0) is 11.2. The third-order valence-corrected chi connectivity index (χ3v) is 2.71. The van der Waals surface area contributed by atoms with Gasteiger partial charge in [0.2, 0.25) is 0 Å². The van der Waals surface area contributed by atoms with Gasteiger partial charge in [-0.1, -0.05) is 0 Å². The second-order valence-electron chi connectivity index (χ2n) is 4.04. The Morgan fingerprint density at radius 1 is 1.56 bits per heavy atom. The fourth-order valence-corrected chi connectivity index (χ4v) is 1.81. The monoisotopic (exact) mass is 225 g/mol. The Kier molecular flexibility index (Phi) is 4.18. The number of hydrogen-bond acceptors (Lipinski definition) is 4. The van der Waals surface area contributed by atoms with Gasteiger partial charge in [0.25, 0.3) is 0 Å². The first kappa shape index (κ1) is 11.4. The number of aromatic nitrogens is 2. The molecule has 0 spiro atoms. The summed E-state index contributed by atoms with van der Waals surface area (Å²) >= 11 is 0. The summed E-state index contributed by atoms with van der Waals surface area (Å²) in [6, 6.07) is 0.589. The predicted octanol–water partition coefficient (Wildman–Crippen LogP) is 0.567. The van der Waals surface area contributed by atoms with Gasteiger partial charge in [0, 0.05) is 32.8 Å². The molecule has 0 unspecified atom stereocenters. The predicted molar refractivity (Wildman–Crippen MR) is 60.5 cm³/mol. The molecule has 2 heterocycles. The molecule has 1 fully saturated rings. The molecule has 2 rings (SSSR count). The van der Waals surface area contributed by atoms with Crippen LogP contribution < -0.4 is 10.1 Å². The molecular weight excluding hydrogens is 206 g/mol. The Labute approximate surface area is 95.7 Å². The Hall–Kier alpha value is -1.07. The van der Waals surface area contributed by atoms with Crippen LogP contribution in [-0.2, 0) is 11.8 Å². The van der Waals surface area contributed by atoms with E-state index in [0.717, 1.165) is 38.3 Å². The lowest BCUT2D eigenvalue weighted by molar-refractivity contribution is 0.0770. The van der Waals surface area contributed by atoms with Gasteiger partial charge in [-0.3, -0.25) is 4.68 Å². The van der Waals surface area contributed by atoms with Crippen molar-refractivity contribution in [1.29, 1.82) is 0 Å². The van der Waals surface area contributed by atoms with Crippen LogP contribution >= 0.6 is 0 Å². The molecule has 0 amide bonds. The summed E-state index contributed by atoms with van der Waals surface area (Å²) in [5.41, 5.74) is 0. The largest absolute Gasteiger partial charge is 0.489 e. The Balaban J connectivity index is 1.57. The molecule has 1 aromatic heterocycles. The Morgan fingerprint density at radius 2 is 2.38 bits per heavy atom. The van der Waals surface area contributed by atoms with Gasteiger partial charge in [-0.2, -0.15) is 5.10 Å². The molecule has 5 heteroatoms. The second-order valence-corrected chi connectivity index (χ2v) is 4.04. The fraction of sp³-hybridized carbons (Fsp3) is 0.727. The third-order valence-electron chi connectivity index (χ3n) is 2.71. The van der Waals surface area contributed by atoms with Gasteiger partial charge in [0.15, 0.2) is 5.75 Å². The molecule has 1 aliphatic rings. The summed E-state index contributed by atoms with van der Waals surface area (Å²) in [6.07, 6.45) is 5.81. The van der Waals surface area contributed by atoms with Crippen LogP contribution in [0.2, 0.25) is 0 Å². The van der Waals surface area contributed by atoms with Gasteiger partial charge in [0.1, 0.15) is 6.61 Å². The smallest absolute Gasteiger partial charge is 0.157 e. The average molecular weight is 225 g/mol. The Bertz CT molecular complexity index is 308. The topological polar surface area (TPSA) is 48.3 Å². The quantitative estimate of drug-likeness (QED) is 0.744. The molecule has 1 N–H and O–H groups in total. The molecule has 0 aliphatic carbocycles. The minimum absolute atomic E-state index is 0.589. The third kappa shape index (κ3) is 3.50. The molecule has 90 valence electrons. The van der Waals surface area contributed by atoms with E-state index in [1.165, 1.54) is 0 Å². The number of hydrogen-bond donors (Lipinski definition) is 1. The lowest BCUT2D eigenvalue weighted by Crippen LogP contribution is -2.37. The molecule has 0 atom stereocenters. The highest BCUT2D eigenvalue weighted by molar-refractivity contribution is 5.11. The van der Waals surface area contributed by atoms with Crippen LogP contribution in [0.4, 0.5) is 0 Å². The molecule has 5 nitrogen and oxygen atoms in total. The molecule has 1 saturated heterocycles. The van der Waals surface area contributed by atoms with Gasteiger partial charge in [-0.05, 0) is 12.8 Å². The lowest BCUT2D eigenvalue weighted by atomic mass is 10.1. The van der Waals surface area contributed by atoms with E-state index in [-0.39, 0.29) is 0 Å². The second kappa shape index (κ2) is 5.86. The summed E-state index contributed by atoms with van der Waals surface area (Å²) < 4.78 is 12.6. The maximum atomic E-state index is 5.54. The fourth-order valence-electron chi connectivity index (χ4n) is 1.81. The standard InChI is InChI=1S/C11H19N3O2/c1-14-9-11(8-13-14)16-7-4-12-10-2-5-15-6-3-10/h8-10,12H,2-7H2,1H3. The van der Waals surface area contributed by atoms with Crippen LogP contribution in [0.1, 0.15) is 12.8 Å². The number of ether oxygens (including phenoxy) is 2. The van der Waals surface area contributed by atoms with Crippen molar-refractivity contribution in [3.8, 4) is 5.75 Å². The molecule has 1 aliphatic heterocycles. The summed E-state index contributed by atoms with van der Waals surface area (Å²) in [7, 11) is 1.88. The first-order valence-corrected chi connectivity index (χ1v) is 5.77. The van der Waals surface area contributed by atoms with E-state index in [4.69, 9.17) is 9.47 Å². The zero-order valence-electron chi connectivity index (χ0n) is 9.69. The van der Waals surface area contributed by atoms with E-state index in [1.807, 2.05) is 13.2 Å². The van der Waals surface area contributed by atoms with Gasteiger partial charge in [-0.15, -0.1) is 0 Å². The molecule has 1 aromatic rings. The minimum atomic E-state index is 0.589. The lowest BCUT2D eigenvalue weighted by Gasteiger charge is -2.23. The number of nitrogens with one attached hydrogen (secondary N) is 1. The maximum Gasteiger partial charge on any atom is 0.157 e. The van der Waals surface area contributed by atoms with Crippen LogP contribution in [0, 0.1) is 0 Å². The van der Waals surface area contributed by atoms with E-state index in [9.17, 15) is 0 Å². The van der Waals surface area contributed by atoms with Crippen molar-refractivity contribution in [1.82, 2.24) is 15.1 Å². The van der Waals surface area contributed by atoms with E-state index in [0.29, 0.717) is 12.6 Å². The number of rotatable bonds is 5. The molecule has 0 aromatic carbocycles. The molecule has 0 bridgehead atoms. The molecule has 0 saturated carbocycles. The summed E-state index contributed by atoms with van der Waals surface area (Å²) in [4.78, 5) is 0. The highest BCUT2D eigenvalue weighted by Gasteiger charge is 2.12. The van der Waals surface area contributed by atoms with E-state index >= 15 is 0 Å². The molecule has 0 radical (unpaired) electrons. The van der Waals surface area contributed by atoms with Gasteiger partial charge in [-0.25, -0.2) is 0 Å². The SMILES string of the molecule is Cn1cc(OCCNC2CCOCC2)cn1.